The Bertz CT molecular complexity index is 1110. The minimum Gasteiger partial charge on any atom is -0.364 e. The highest BCUT2D eigenvalue weighted by Crippen LogP contribution is 2.31. The predicted molar refractivity (Wildman–Crippen MR) is 99.3 cm³/mol. The summed E-state index contributed by atoms with van der Waals surface area (Å²) in [6.45, 7) is 0.228. The zero-order valence-corrected chi connectivity index (χ0v) is 14.5. The molecule has 8 heteroatoms. The zero-order valence-electron chi connectivity index (χ0n) is 14.5. The minimum atomic E-state index is -4.58. The minimum absolute atomic E-state index is 0.0226. The molecule has 4 rings (SSSR count). The number of fused-ring (bicyclic) bond motifs is 1. The first-order chi connectivity index (χ1) is 13.5. The number of benzene rings is 1. The predicted octanol–water partition coefficient (Wildman–Crippen LogP) is 4.72. The maximum atomic E-state index is 13.3. The molecule has 1 N–H and O–H groups in total. The van der Waals surface area contributed by atoms with Crippen molar-refractivity contribution in [1.29, 1.82) is 0 Å². The topological polar surface area (TPSA) is 63.6 Å². The van der Waals surface area contributed by atoms with Gasteiger partial charge < -0.3 is 5.32 Å². The smallest absolute Gasteiger partial charge is 0.364 e. The quantitative estimate of drug-likeness (QED) is 0.554. The number of pyridine rings is 2. The molecule has 0 unspecified atom stereocenters. The molecule has 0 amide bonds. The van der Waals surface area contributed by atoms with Crippen molar-refractivity contribution in [1.82, 2.24) is 19.9 Å². The molecule has 0 saturated heterocycles. The normalized spacial score (nSPS) is 11.5. The molecule has 0 bridgehead atoms. The van der Waals surface area contributed by atoms with Crippen LogP contribution in [0.2, 0.25) is 0 Å². The van der Waals surface area contributed by atoms with E-state index in [-0.39, 0.29) is 18.2 Å². The van der Waals surface area contributed by atoms with Gasteiger partial charge in [0, 0.05) is 35.6 Å². The Kier molecular flexibility index (Phi) is 4.60. The van der Waals surface area contributed by atoms with Crippen LogP contribution in [0.3, 0.4) is 0 Å². The molecule has 0 saturated carbocycles. The van der Waals surface area contributed by atoms with Crippen molar-refractivity contribution >= 4 is 16.6 Å². The molecule has 3 aromatic heterocycles. The first-order valence-electron chi connectivity index (χ1n) is 8.44. The van der Waals surface area contributed by atoms with E-state index < -0.39 is 11.9 Å². The summed E-state index contributed by atoms with van der Waals surface area (Å²) >= 11 is 0. The summed E-state index contributed by atoms with van der Waals surface area (Å²) in [7, 11) is 0. The molecule has 0 radical (unpaired) electrons. The van der Waals surface area contributed by atoms with Gasteiger partial charge >= 0.3 is 6.18 Å². The van der Waals surface area contributed by atoms with Gasteiger partial charge in [0.15, 0.2) is 11.5 Å². The Hall–Kier alpha value is -3.55. The molecule has 0 atom stereocenters. The zero-order chi connectivity index (χ0) is 19.6. The third kappa shape index (κ3) is 3.75. The largest absolute Gasteiger partial charge is 0.433 e. The Labute approximate surface area is 158 Å². The van der Waals surface area contributed by atoms with Crippen LogP contribution in [0.25, 0.3) is 22.2 Å². The molecule has 0 aliphatic heterocycles. The molecule has 4 aromatic rings. The van der Waals surface area contributed by atoms with Gasteiger partial charge in [-0.1, -0.05) is 24.3 Å². The number of halogens is 3. The Balaban J connectivity index is 1.69. The molecule has 1 aromatic carbocycles. The summed E-state index contributed by atoms with van der Waals surface area (Å²) < 4.78 is 39.9. The molecule has 5 nitrogen and oxygen atoms in total. The second-order valence-corrected chi connectivity index (χ2v) is 6.03. The van der Waals surface area contributed by atoms with E-state index in [1.165, 1.54) is 12.4 Å². The highest BCUT2D eigenvalue weighted by atomic mass is 19.4. The summed E-state index contributed by atoms with van der Waals surface area (Å²) in [6.07, 6.45) is 0.0415. The van der Waals surface area contributed by atoms with Crippen LogP contribution in [0, 0.1) is 0 Å². The number of nitrogens with zero attached hydrogens (tertiary/aromatic N) is 4. The van der Waals surface area contributed by atoms with Gasteiger partial charge in [0.05, 0.1) is 12.2 Å². The summed E-state index contributed by atoms with van der Waals surface area (Å²) in [6, 6.07) is 13.6. The fourth-order valence-electron chi connectivity index (χ4n) is 2.81. The van der Waals surface area contributed by atoms with Gasteiger partial charge in [0.2, 0.25) is 0 Å². The van der Waals surface area contributed by atoms with Gasteiger partial charge in [0.25, 0.3) is 0 Å². The lowest BCUT2D eigenvalue weighted by Crippen LogP contribution is -2.12. The molecule has 0 aliphatic rings. The van der Waals surface area contributed by atoms with Crippen LogP contribution in [0.4, 0.5) is 19.0 Å². The van der Waals surface area contributed by atoms with E-state index in [2.05, 4.69) is 25.3 Å². The number of nitrogens with one attached hydrogen (secondary N) is 1. The van der Waals surface area contributed by atoms with Gasteiger partial charge in [-0.25, -0.2) is 9.97 Å². The molecule has 0 aliphatic carbocycles. The van der Waals surface area contributed by atoms with Crippen molar-refractivity contribution in [2.24, 2.45) is 0 Å². The van der Waals surface area contributed by atoms with Gasteiger partial charge in [-0.3, -0.25) is 9.97 Å². The summed E-state index contributed by atoms with van der Waals surface area (Å²) in [4.78, 5) is 16.1. The number of anilines is 1. The van der Waals surface area contributed by atoms with Crippen LogP contribution >= 0.6 is 0 Å². The van der Waals surface area contributed by atoms with Crippen LogP contribution in [0.1, 0.15) is 11.4 Å². The number of hydrogen-bond donors (Lipinski definition) is 1. The summed E-state index contributed by atoms with van der Waals surface area (Å²) in [5.74, 6) is 0.0504. The maximum absolute atomic E-state index is 13.3. The van der Waals surface area contributed by atoms with Crippen LogP contribution in [-0.2, 0) is 12.7 Å². The van der Waals surface area contributed by atoms with Gasteiger partial charge in [-0.2, -0.15) is 13.2 Å². The summed E-state index contributed by atoms with van der Waals surface area (Å²) in [5, 5.41) is 4.88. The van der Waals surface area contributed by atoms with Crippen molar-refractivity contribution in [2.45, 2.75) is 12.7 Å². The van der Waals surface area contributed by atoms with E-state index in [1.807, 2.05) is 30.3 Å². The van der Waals surface area contributed by atoms with E-state index in [1.54, 1.807) is 18.3 Å². The first-order valence-corrected chi connectivity index (χ1v) is 8.44. The molecular weight excluding hydrogens is 367 g/mol. The van der Waals surface area contributed by atoms with Crippen molar-refractivity contribution in [3.63, 3.8) is 0 Å². The highest BCUT2D eigenvalue weighted by molar-refractivity contribution is 5.84. The van der Waals surface area contributed by atoms with E-state index in [4.69, 9.17) is 0 Å². The Morgan fingerprint density at radius 1 is 0.893 bits per heavy atom. The van der Waals surface area contributed by atoms with Crippen molar-refractivity contribution in [3.8, 4) is 11.4 Å². The standard InChI is InChI=1S/C20H14F3N5/c21-20(22,23)17-11-18(28-19(27-17)14-5-8-24-9-6-14)26-12-16-15-4-2-1-3-13(15)7-10-25-16/h1-11H,12H2,(H,26,27,28). The third-order valence-electron chi connectivity index (χ3n) is 4.15. The number of alkyl halides is 3. The second kappa shape index (κ2) is 7.22. The molecule has 140 valence electrons. The lowest BCUT2D eigenvalue weighted by molar-refractivity contribution is -0.141. The lowest BCUT2D eigenvalue weighted by Gasteiger charge is -2.12. The number of rotatable bonds is 4. The third-order valence-corrected chi connectivity index (χ3v) is 4.15. The fraction of sp³-hybridized carbons (Fsp3) is 0.100. The van der Waals surface area contributed by atoms with Gasteiger partial charge in [0.1, 0.15) is 5.82 Å². The fourth-order valence-corrected chi connectivity index (χ4v) is 2.81. The Morgan fingerprint density at radius 2 is 1.68 bits per heavy atom. The van der Waals surface area contributed by atoms with E-state index in [0.29, 0.717) is 5.56 Å². The van der Waals surface area contributed by atoms with Gasteiger partial charge in [-0.15, -0.1) is 0 Å². The van der Waals surface area contributed by atoms with Crippen molar-refractivity contribution < 1.29 is 13.2 Å². The summed E-state index contributed by atoms with van der Waals surface area (Å²) in [5.41, 5.74) is 0.158. The monoisotopic (exact) mass is 381 g/mol. The van der Waals surface area contributed by atoms with Crippen LogP contribution in [0.5, 0.6) is 0 Å². The van der Waals surface area contributed by atoms with E-state index in [0.717, 1.165) is 22.5 Å². The first kappa shape index (κ1) is 17.8. The van der Waals surface area contributed by atoms with E-state index in [9.17, 15) is 13.2 Å². The lowest BCUT2D eigenvalue weighted by atomic mass is 10.1. The molecule has 0 spiro atoms. The highest BCUT2D eigenvalue weighted by Gasteiger charge is 2.33. The van der Waals surface area contributed by atoms with Crippen LogP contribution < -0.4 is 5.32 Å². The maximum Gasteiger partial charge on any atom is 0.433 e. The molecule has 3 heterocycles. The average Bonchev–Trinajstić information content (AvgIpc) is 2.72. The average molecular weight is 381 g/mol. The molecule has 28 heavy (non-hydrogen) atoms. The van der Waals surface area contributed by atoms with Crippen molar-refractivity contribution in [2.75, 3.05) is 5.32 Å². The van der Waals surface area contributed by atoms with Gasteiger partial charge in [-0.05, 0) is 23.6 Å². The molecular formula is C20H14F3N5. The van der Waals surface area contributed by atoms with Crippen molar-refractivity contribution in [3.05, 3.63) is 78.5 Å². The Morgan fingerprint density at radius 3 is 2.46 bits per heavy atom. The number of aromatic nitrogens is 4. The number of hydrogen-bond acceptors (Lipinski definition) is 5. The SMILES string of the molecule is FC(F)(F)c1cc(NCc2nccc3ccccc23)nc(-c2ccncc2)n1. The second-order valence-electron chi connectivity index (χ2n) is 6.03. The van der Waals surface area contributed by atoms with Crippen LogP contribution in [0.15, 0.2) is 67.1 Å². The van der Waals surface area contributed by atoms with Crippen LogP contribution in [-0.4, -0.2) is 19.9 Å². The van der Waals surface area contributed by atoms with E-state index >= 15 is 0 Å². The molecule has 0 fully saturated rings.